The molecule has 2 unspecified atom stereocenters. The molecule has 0 aliphatic heterocycles. The zero-order valence-electron chi connectivity index (χ0n) is 21.3. The van der Waals surface area contributed by atoms with Crippen LogP contribution in [0.5, 0.6) is 0 Å². The van der Waals surface area contributed by atoms with Crippen molar-refractivity contribution in [3.05, 3.63) is 88.7 Å². The van der Waals surface area contributed by atoms with Crippen LogP contribution in [0.2, 0.25) is 0 Å². The van der Waals surface area contributed by atoms with E-state index in [-0.39, 0.29) is 5.76 Å². The Kier molecular flexibility index (Phi) is 8.19. The number of unbranched alkanes of at least 4 members (excludes halogenated alkanes) is 1. The Morgan fingerprint density at radius 1 is 1.09 bits per heavy atom. The number of rotatable bonds is 10. The van der Waals surface area contributed by atoms with E-state index >= 15 is 0 Å². The average molecular weight is 458 g/mol. The minimum Gasteiger partial charge on any atom is -0.508 e. The Morgan fingerprint density at radius 2 is 1.82 bits per heavy atom. The van der Waals surface area contributed by atoms with Crippen molar-refractivity contribution in [3.8, 4) is 0 Å². The van der Waals surface area contributed by atoms with E-state index in [9.17, 15) is 5.11 Å². The summed E-state index contributed by atoms with van der Waals surface area (Å²) < 4.78 is 0. The smallest absolute Gasteiger partial charge is 0.115 e. The molecule has 0 radical (unpaired) electrons. The third kappa shape index (κ3) is 5.59. The fourth-order valence-corrected chi connectivity index (χ4v) is 6.16. The molecule has 0 amide bonds. The van der Waals surface area contributed by atoms with Crippen LogP contribution in [-0.4, -0.2) is 11.7 Å². The van der Waals surface area contributed by atoms with Gasteiger partial charge in [-0.1, -0.05) is 94.5 Å². The van der Waals surface area contributed by atoms with Gasteiger partial charge in [-0.05, 0) is 72.8 Å². The molecule has 2 heteroatoms. The molecule has 2 atom stereocenters. The van der Waals surface area contributed by atoms with Gasteiger partial charge < -0.3 is 10.4 Å². The van der Waals surface area contributed by atoms with Gasteiger partial charge >= 0.3 is 0 Å². The van der Waals surface area contributed by atoms with Gasteiger partial charge in [0.05, 0.1) is 0 Å². The summed E-state index contributed by atoms with van der Waals surface area (Å²) in [5, 5.41) is 13.3. The Hall–Kier alpha value is -2.48. The molecule has 1 fully saturated rings. The van der Waals surface area contributed by atoms with Crippen LogP contribution in [0.1, 0.15) is 95.1 Å². The largest absolute Gasteiger partial charge is 0.508 e. The fourth-order valence-electron chi connectivity index (χ4n) is 6.16. The third-order valence-corrected chi connectivity index (χ3v) is 8.31. The maximum Gasteiger partial charge on any atom is 0.115 e. The van der Waals surface area contributed by atoms with Crippen LogP contribution in [0.15, 0.2) is 77.6 Å². The van der Waals surface area contributed by atoms with Crippen LogP contribution in [-0.2, 0) is 0 Å². The lowest BCUT2D eigenvalue weighted by atomic mass is 9.77. The molecule has 0 saturated heterocycles. The van der Waals surface area contributed by atoms with Crippen molar-refractivity contribution >= 4 is 5.76 Å². The quantitative estimate of drug-likeness (QED) is 0.272. The maximum atomic E-state index is 9.66. The summed E-state index contributed by atoms with van der Waals surface area (Å²) >= 11 is 0. The molecule has 1 saturated carbocycles. The van der Waals surface area contributed by atoms with Crippen molar-refractivity contribution in [1.29, 1.82) is 0 Å². The Bertz CT molecular complexity index is 984. The van der Waals surface area contributed by atoms with E-state index < -0.39 is 0 Å². The summed E-state index contributed by atoms with van der Waals surface area (Å²) in [5.41, 5.74) is 9.22. The molecule has 4 rings (SSSR count). The first-order valence-electron chi connectivity index (χ1n) is 13.5. The molecule has 2 N–H and O–H groups in total. The third-order valence-electron chi connectivity index (χ3n) is 8.31. The van der Waals surface area contributed by atoms with Gasteiger partial charge in [0.15, 0.2) is 0 Å². The molecule has 0 heterocycles. The first-order chi connectivity index (χ1) is 16.5. The van der Waals surface area contributed by atoms with Crippen molar-refractivity contribution in [2.45, 2.75) is 84.0 Å². The van der Waals surface area contributed by atoms with Gasteiger partial charge in [-0.3, -0.25) is 0 Å². The van der Waals surface area contributed by atoms with Crippen molar-refractivity contribution in [3.63, 3.8) is 0 Å². The zero-order chi connectivity index (χ0) is 24.1. The minimum atomic E-state index is 0.139. The van der Waals surface area contributed by atoms with Crippen LogP contribution in [0.4, 0.5) is 0 Å². The number of allylic oxidation sites excluding steroid dienone is 5. The van der Waals surface area contributed by atoms with Gasteiger partial charge in [0.1, 0.15) is 5.76 Å². The average Bonchev–Trinajstić information content (AvgIpc) is 3.45. The molecule has 3 aliphatic rings. The maximum absolute atomic E-state index is 9.66. The SMILES string of the molecule is C=C(NCCCC)C1=C(C)C(CC2CCCCC2)C(C2=CCC(c3ccc(C(=C)O)cc3)C2)=C1. The topological polar surface area (TPSA) is 32.3 Å². The number of nitrogens with one attached hydrogen (secondary N) is 1. The lowest BCUT2D eigenvalue weighted by Gasteiger charge is -2.28. The van der Waals surface area contributed by atoms with Gasteiger partial charge in [0, 0.05) is 23.7 Å². The van der Waals surface area contributed by atoms with E-state index in [0.29, 0.717) is 11.8 Å². The Balaban J connectivity index is 1.51. The van der Waals surface area contributed by atoms with Gasteiger partial charge in [-0.15, -0.1) is 0 Å². The van der Waals surface area contributed by atoms with E-state index in [0.717, 1.165) is 36.6 Å². The molecule has 34 heavy (non-hydrogen) atoms. The van der Waals surface area contributed by atoms with Crippen molar-refractivity contribution in [2.24, 2.45) is 11.8 Å². The highest BCUT2D eigenvalue weighted by atomic mass is 16.3. The van der Waals surface area contributed by atoms with E-state index in [4.69, 9.17) is 0 Å². The van der Waals surface area contributed by atoms with Crippen LogP contribution in [0.3, 0.4) is 0 Å². The zero-order valence-corrected chi connectivity index (χ0v) is 21.3. The highest BCUT2D eigenvalue weighted by molar-refractivity contribution is 5.58. The lowest BCUT2D eigenvalue weighted by Crippen LogP contribution is -2.16. The van der Waals surface area contributed by atoms with Gasteiger partial charge in [0.25, 0.3) is 0 Å². The second kappa shape index (κ2) is 11.3. The molecule has 182 valence electrons. The molecule has 0 spiro atoms. The molecule has 0 aromatic heterocycles. The molecule has 0 bridgehead atoms. The van der Waals surface area contributed by atoms with Crippen LogP contribution in [0, 0.1) is 11.8 Å². The second-order valence-electron chi connectivity index (χ2n) is 10.7. The van der Waals surface area contributed by atoms with E-state index in [2.05, 4.69) is 56.6 Å². The van der Waals surface area contributed by atoms with Crippen molar-refractivity contribution in [2.75, 3.05) is 6.54 Å². The van der Waals surface area contributed by atoms with E-state index in [1.165, 1.54) is 73.6 Å². The molecule has 2 nitrogen and oxygen atoms in total. The van der Waals surface area contributed by atoms with E-state index in [1.807, 2.05) is 12.1 Å². The monoisotopic (exact) mass is 457 g/mol. The number of hydrogen-bond donors (Lipinski definition) is 2. The van der Waals surface area contributed by atoms with Crippen LogP contribution >= 0.6 is 0 Å². The second-order valence-corrected chi connectivity index (χ2v) is 10.7. The standard InChI is InChI=1S/C32H43NO/c1-5-6-18-33-23(3)30-21-32(31(22(30)2)19-25-10-8-7-9-11-25)29-17-16-28(20-29)27-14-12-26(13-15-27)24(4)34/h12-15,17,21,25,28,31,33-34H,3-11,16,18-20H2,1-2H3. The molecule has 1 aromatic carbocycles. The molecule has 3 aliphatic carbocycles. The predicted molar refractivity (Wildman–Crippen MR) is 146 cm³/mol. The number of aliphatic hydroxyl groups is 1. The Labute approximate surface area is 207 Å². The highest BCUT2D eigenvalue weighted by Gasteiger charge is 2.33. The number of hydrogen-bond acceptors (Lipinski definition) is 2. The normalized spacial score (nSPS) is 23.1. The highest BCUT2D eigenvalue weighted by Crippen LogP contribution is 2.48. The van der Waals surface area contributed by atoms with Crippen molar-refractivity contribution < 1.29 is 5.11 Å². The summed E-state index contributed by atoms with van der Waals surface area (Å²) in [6.07, 6.45) is 17.8. The van der Waals surface area contributed by atoms with Crippen LogP contribution in [0.25, 0.3) is 5.76 Å². The van der Waals surface area contributed by atoms with Gasteiger partial charge in [0.2, 0.25) is 0 Å². The summed E-state index contributed by atoms with van der Waals surface area (Å²) in [6.45, 7) is 13.7. The summed E-state index contributed by atoms with van der Waals surface area (Å²) in [5.74, 6) is 2.05. The summed E-state index contributed by atoms with van der Waals surface area (Å²) in [4.78, 5) is 0. The first-order valence-corrected chi connectivity index (χ1v) is 13.5. The van der Waals surface area contributed by atoms with Gasteiger partial charge in [-0.25, -0.2) is 0 Å². The molecular weight excluding hydrogens is 414 g/mol. The number of aliphatic hydroxyl groups excluding tert-OH is 1. The first kappa shape index (κ1) is 24.6. The number of benzene rings is 1. The summed E-state index contributed by atoms with van der Waals surface area (Å²) in [6, 6.07) is 8.31. The van der Waals surface area contributed by atoms with Crippen LogP contribution < -0.4 is 5.32 Å². The predicted octanol–water partition coefficient (Wildman–Crippen LogP) is 8.77. The Morgan fingerprint density at radius 3 is 2.50 bits per heavy atom. The molecular formula is C32H43NO. The summed E-state index contributed by atoms with van der Waals surface area (Å²) in [7, 11) is 0. The minimum absolute atomic E-state index is 0.139. The fraction of sp³-hybridized carbons (Fsp3) is 0.500. The van der Waals surface area contributed by atoms with Crippen molar-refractivity contribution in [1.82, 2.24) is 5.32 Å². The lowest BCUT2D eigenvalue weighted by molar-refractivity contribution is 0.317. The van der Waals surface area contributed by atoms with E-state index in [1.54, 1.807) is 5.57 Å². The van der Waals surface area contributed by atoms with Gasteiger partial charge in [-0.2, -0.15) is 0 Å². The molecule has 1 aromatic rings.